The maximum atomic E-state index is 11.7. The van der Waals surface area contributed by atoms with Gasteiger partial charge in [0.2, 0.25) is 5.91 Å². The van der Waals surface area contributed by atoms with Gasteiger partial charge in [0.25, 0.3) is 0 Å². The van der Waals surface area contributed by atoms with Crippen LogP contribution in [-0.4, -0.2) is 17.9 Å². The van der Waals surface area contributed by atoms with Gasteiger partial charge in [-0.25, -0.2) is 0 Å². The lowest BCUT2D eigenvalue weighted by atomic mass is 10.1. The molecule has 0 aromatic heterocycles. The minimum absolute atomic E-state index is 0.0693. The topological polar surface area (TPSA) is 55.1 Å². The third-order valence-corrected chi connectivity index (χ3v) is 3.23. The summed E-state index contributed by atoms with van der Waals surface area (Å²) in [6.45, 7) is 1.96. The molecule has 3 nitrogen and oxygen atoms in total. The Hall–Kier alpha value is -1.16. The number of rotatable bonds is 6. The lowest BCUT2D eigenvalue weighted by molar-refractivity contribution is -0.116. The molecule has 0 atom stereocenters. The van der Waals surface area contributed by atoms with Crippen LogP contribution in [0, 0.1) is 6.92 Å². The number of carbonyl (C=O) groups is 1. The van der Waals surface area contributed by atoms with Crippen LogP contribution in [0.5, 0.6) is 0 Å². The van der Waals surface area contributed by atoms with Gasteiger partial charge in [-0.15, -0.1) is 0 Å². The summed E-state index contributed by atoms with van der Waals surface area (Å²) in [7, 11) is 0. The summed E-state index contributed by atoms with van der Waals surface area (Å²) >= 11 is 1.81. The largest absolute Gasteiger partial charge is 0.399 e. The predicted molar refractivity (Wildman–Crippen MR) is 76.5 cm³/mol. The average molecular weight is 252 g/mol. The van der Waals surface area contributed by atoms with Crippen molar-refractivity contribution in [2.75, 3.05) is 23.1 Å². The highest BCUT2D eigenvalue weighted by atomic mass is 32.2. The van der Waals surface area contributed by atoms with E-state index >= 15 is 0 Å². The maximum Gasteiger partial charge on any atom is 0.224 e. The van der Waals surface area contributed by atoms with E-state index in [2.05, 4.69) is 11.6 Å². The smallest absolute Gasteiger partial charge is 0.224 e. The van der Waals surface area contributed by atoms with Gasteiger partial charge >= 0.3 is 0 Å². The SMILES string of the molecule is CSCCCCC(=O)Nc1cc(N)ccc1C. The summed E-state index contributed by atoms with van der Waals surface area (Å²) in [4.78, 5) is 11.7. The first-order valence-electron chi connectivity index (χ1n) is 5.78. The quantitative estimate of drug-likeness (QED) is 0.604. The number of unbranched alkanes of at least 4 members (excludes halogenated alkanes) is 1. The molecule has 0 spiro atoms. The first-order chi connectivity index (χ1) is 8.13. The number of hydrogen-bond donors (Lipinski definition) is 2. The monoisotopic (exact) mass is 252 g/mol. The Bertz CT molecular complexity index is 380. The number of thioether (sulfide) groups is 1. The molecule has 0 radical (unpaired) electrons. The minimum atomic E-state index is 0.0693. The van der Waals surface area contributed by atoms with Gasteiger partial charge in [-0.2, -0.15) is 11.8 Å². The van der Waals surface area contributed by atoms with E-state index in [1.54, 1.807) is 6.07 Å². The summed E-state index contributed by atoms with van der Waals surface area (Å²) in [5.74, 6) is 1.18. The van der Waals surface area contributed by atoms with E-state index in [0.717, 1.165) is 29.8 Å². The molecule has 3 N–H and O–H groups in total. The molecule has 0 aliphatic rings. The molecule has 1 aromatic rings. The number of anilines is 2. The van der Waals surface area contributed by atoms with Gasteiger partial charge in [0.1, 0.15) is 0 Å². The molecule has 0 saturated carbocycles. The van der Waals surface area contributed by atoms with Crippen LogP contribution in [0.15, 0.2) is 18.2 Å². The number of nitrogens with two attached hydrogens (primary N) is 1. The summed E-state index contributed by atoms with van der Waals surface area (Å²) in [5, 5.41) is 2.90. The molecule has 0 aliphatic carbocycles. The molecule has 0 unspecified atom stereocenters. The minimum Gasteiger partial charge on any atom is -0.399 e. The van der Waals surface area contributed by atoms with Crippen LogP contribution in [0.25, 0.3) is 0 Å². The molecular weight excluding hydrogens is 232 g/mol. The highest BCUT2D eigenvalue weighted by Crippen LogP contribution is 2.18. The number of aryl methyl sites for hydroxylation is 1. The zero-order valence-corrected chi connectivity index (χ0v) is 11.3. The Morgan fingerprint density at radius 3 is 2.88 bits per heavy atom. The molecule has 0 bridgehead atoms. The molecule has 1 amide bonds. The Kier molecular flexibility index (Phi) is 5.91. The lowest BCUT2D eigenvalue weighted by Gasteiger charge is -2.09. The van der Waals surface area contributed by atoms with Gasteiger partial charge in [0.05, 0.1) is 0 Å². The first-order valence-corrected chi connectivity index (χ1v) is 7.18. The summed E-state index contributed by atoms with van der Waals surface area (Å²) in [6, 6.07) is 5.55. The van der Waals surface area contributed by atoms with E-state index in [1.165, 1.54) is 0 Å². The van der Waals surface area contributed by atoms with Gasteiger partial charge in [0.15, 0.2) is 0 Å². The summed E-state index contributed by atoms with van der Waals surface area (Å²) in [6.07, 6.45) is 4.68. The van der Waals surface area contributed by atoms with Crippen LogP contribution in [0.1, 0.15) is 24.8 Å². The van der Waals surface area contributed by atoms with Crippen LogP contribution >= 0.6 is 11.8 Å². The Morgan fingerprint density at radius 2 is 2.18 bits per heavy atom. The normalized spacial score (nSPS) is 10.2. The van der Waals surface area contributed by atoms with Crippen molar-refractivity contribution in [3.05, 3.63) is 23.8 Å². The standard InChI is InChI=1S/C13H20N2OS/c1-10-6-7-11(14)9-12(10)15-13(16)5-3-4-8-17-2/h6-7,9H,3-5,8,14H2,1-2H3,(H,15,16). The molecule has 0 heterocycles. The van der Waals surface area contributed by atoms with E-state index in [0.29, 0.717) is 12.1 Å². The molecule has 0 aliphatic heterocycles. The van der Waals surface area contributed by atoms with Gasteiger partial charge in [-0.05, 0) is 49.5 Å². The summed E-state index contributed by atoms with van der Waals surface area (Å²) in [5.41, 5.74) is 8.22. The van der Waals surface area contributed by atoms with Crippen molar-refractivity contribution < 1.29 is 4.79 Å². The Morgan fingerprint density at radius 1 is 1.41 bits per heavy atom. The van der Waals surface area contributed by atoms with E-state index in [-0.39, 0.29) is 5.91 Å². The number of benzene rings is 1. The van der Waals surface area contributed by atoms with E-state index in [1.807, 2.05) is 30.8 Å². The fourth-order valence-electron chi connectivity index (χ4n) is 1.52. The number of nitrogens with one attached hydrogen (secondary N) is 1. The van der Waals surface area contributed by atoms with Crippen molar-refractivity contribution in [2.45, 2.75) is 26.2 Å². The molecule has 1 aromatic carbocycles. The van der Waals surface area contributed by atoms with Crippen LogP contribution in [0.2, 0.25) is 0 Å². The van der Waals surface area contributed by atoms with Gasteiger partial charge in [-0.3, -0.25) is 4.79 Å². The molecule has 94 valence electrons. The van der Waals surface area contributed by atoms with E-state index in [9.17, 15) is 4.79 Å². The molecule has 0 saturated heterocycles. The highest BCUT2D eigenvalue weighted by molar-refractivity contribution is 7.98. The summed E-state index contributed by atoms with van der Waals surface area (Å²) < 4.78 is 0. The lowest BCUT2D eigenvalue weighted by Crippen LogP contribution is -2.12. The molecular formula is C13H20N2OS. The average Bonchev–Trinajstić information content (AvgIpc) is 2.29. The number of nitrogen functional groups attached to an aromatic ring is 1. The van der Waals surface area contributed by atoms with Crippen LogP contribution in [-0.2, 0) is 4.79 Å². The predicted octanol–water partition coefficient (Wildman–Crippen LogP) is 3.05. The molecule has 17 heavy (non-hydrogen) atoms. The van der Waals surface area contributed by atoms with Crippen LogP contribution in [0.4, 0.5) is 11.4 Å². The second-order valence-corrected chi connectivity index (χ2v) is 5.06. The van der Waals surface area contributed by atoms with Crippen molar-refractivity contribution in [1.29, 1.82) is 0 Å². The maximum absolute atomic E-state index is 11.7. The van der Waals surface area contributed by atoms with Crippen LogP contribution in [0.3, 0.4) is 0 Å². The number of hydrogen-bond acceptors (Lipinski definition) is 3. The van der Waals surface area contributed by atoms with Gasteiger partial charge in [0, 0.05) is 17.8 Å². The van der Waals surface area contributed by atoms with E-state index < -0.39 is 0 Å². The molecule has 0 fully saturated rings. The van der Waals surface area contributed by atoms with Crippen molar-refractivity contribution in [1.82, 2.24) is 0 Å². The second-order valence-electron chi connectivity index (χ2n) is 4.07. The Labute approximate surface area is 107 Å². The van der Waals surface area contributed by atoms with Crippen molar-refractivity contribution >= 4 is 29.0 Å². The highest BCUT2D eigenvalue weighted by Gasteiger charge is 2.04. The third kappa shape index (κ3) is 5.13. The zero-order chi connectivity index (χ0) is 12.7. The fraction of sp³-hybridized carbons (Fsp3) is 0.462. The second kappa shape index (κ2) is 7.22. The van der Waals surface area contributed by atoms with Crippen molar-refractivity contribution in [3.8, 4) is 0 Å². The van der Waals surface area contributed by atoms with Gasteiger partial charge in [-0.1, -0.05) is 6.07 Å². The van der Waals surface area contributed by atoms with Gasteiger partial charge < -0.3 is 11.1 Å². The first kappa shape index (κ1) is 13.9. The fourth-order valence-corrected chi connectivity index (χ4v) is 2.01. The number of carbonyl (C=O) groups excluding carboxylic acids is 1. The molecule has 4 heteroatoms. The van der Waals surface area contributed by atoms with Crippen molar-refractivity contribution in [2.24, 2.45) is 0 Å². The van der Waals surface area contributed by atoms with Crippen molar-refractivity contribution in [3.63, 3.8) is 0 Å². The Balaban J connectivity index is 2.42. The third-order valence-electron chi connectivity index (χ3n) is 2.54. The van der Waals surface area contributed by atoms with E-state index in [4.69, 9.17) is 5.73 Å². The van der Waals surface area contributed by atoms with Crippen LogP contribution < -0.4 is 11.1 Å². The number of amides is 1. The zero-order valence-electron chi connectivity index (χ0n) is 10.5. The molecule has 1 rings (SSSR count).